The van der Waals surface area contributed by atoms with Gasteiger partial charge in [-0.2, -0.15) is 0 Å². The Hall–Kier alpha value is -4.48. The fraction of sp³-hybridized carbons (Fsp3) is 0.509. The molecule has 0 aromatic heterocycles. The third-order valence-electron chi connectivity index (χ3n) is 9.07. The molecule has 1 unspecified atom stereocenters. The van der Waals surface area contributed by atoms with Gasteiger partial charge in [0.15, 0.2) is 6.10 Å². The smallest absolute Gasteiger partial charge is 0.310 e. The predicted molar refractivity (Wildman–Crippen MR) is 269 cm³/mol. The molecule has 0 aliphatic carbocycles. The molecule has 0 amide bonds. The van der Waals surface area contributed by atoms with Gasteiger partial charge in [-0.1, -0.05) is 192 Å². The van der Waals surface area contributed by atoms with Crippen LogP contribution in [0.2, 0.25) is 0 Å². The number of hydrogen-bond donors (Lipinski definition) is 0. The van der Waals surface area contributed by atoms with Crippen molar-refractivity contribution in [1.29, 1.82) is 0 Å². The summed E-state index contributed by atoms with van der Waals surface area (Å²) in [6, 6.07) is 0. The lowest BCUT2D eigenvalue weighted by Gasteiger charge is -2.18. The van der Waals surface area contributed by atoms with Gasteiger partial charge >= 0.3 is 11.9 Å². The summed E-state index contributed by atoms with van der Waals surface area (Å²) in [6.45, 7) is 7.17. The van der Waals surface area contributed by atoms with Crippen LogP contribution in [-0.4, -0.2) is 37.9 Å². The Labute approximate surface area is 380 Å². The van der Waals surface area contributed by atoms with E-state index >= 15 is 0 Å². The molecule has 1 atom stereocenters. The monoisotopic (exact) mass is 851 g/mol. The van der Waals surface area contributed by atoms with E-state index in [4.69, 9.17) is 14.2 Å². The Morgan fingerprint density at radius 3 is 1.15 bits per heavy atom. The van der Waals surface area contributed by atoms with E-state index in [-0.39, 0.29) is 31.6 Å². The van der Waals surface area contributed by atoms with Gasteiger partial charge in [0.25, 0.3) is 0 Å². The third kappa shape index (κ3) is 48.2. The van der Waals surface area contributed by atoms with Crippen LogP contribution in [0.4, 0.5) is 0 Å². The van der Waals surface area contributed by atoms with Crippen molar-refractivity contribution in [2.75, 3.05) is 19.8 Å². The first-order valence-electron chi connectivity index (χ1n) is 24.0. The summed E-state index contributed by atoms with van der Waals surface area (Å²) in [6.07, 6.45) is 75.7. The minimum absolute atomic E-state index is 0.00105. The Morgan fingerprint density at radius 2 is 0.726 bits per heavy atom. The van der Waals surface area contributed by atoms with Crippen molar-refractivity contribution in [1.82, 2.24) is 0 Å². The van der Waals surface area contributed by atoms with Gasteiger partial charge in [0.2, 0.25) is 0 Å². The highest BCUT2D eigenvalue weighted by atomic mass is 16.6. The van der Waals surface area contributed by atoms with Crippen molar-refractivity contribution in [2.45, 2.75) is 168 Å². The van der Waals surface area contributed by atoms with E-state index in [1.165, 1.54) is 0 Å². The summed E-state index contributed by atoms with van der Waals surface area (Å²) >= 11 is 0. The Bertz CT molecular complexity index is 1420. The number of allylic oxidation sites excluding steroid dienone is 25. The predicted octanol–water partition coefficient (Wildman–Crippen LogP) is 16.3. The second kappa shape index (κ2) is 50.9. The van der Waals surface area contributed by atoms with E-state index in [1.807, 2.05) is 12.2 Å². The lowest BCUT2D eigenvalue weighted by molar-refractivity contribution is -0.162. The molecule has 0 heterocycles. The SMILES string of the molecule is CC/C=C\C/C=C\C/C=C\C/C=C\C/C=C\CC(=O)OC(COCCC/C=C\C/C=C\C/C=C\C/C=C\CC)COC(=O)CCCCCC/C=C\C/C=C\C/C=C\C/C=C\CC. The van der Waals surface area contributed by atoms with Crippen LogP contribution < -0.4 is 0 Å². The number of carbonyl (C=O) groups is 2. The number of esters is 2. The molecule has 344 valence electrons. The Kier molecular flexibility index (Phi) is 47.2. The summed E-state index contributed by atoms with van der Waals surface area (Å²) in [5, 5.41) is 0. The molecule has 0 aliphatic heterocycles. The molecule has 0 rings (SSSR count). The van der Waals surface area contributed by atoms with Crippen molar-refractivity contribution in [3.8, 4) is 0 Å². The molecule has 62 heavy (non-hydrogen) atoms. The van der Waals surface area contributed by atoms with E-state index < -0.39 is 6.10 Å². The molecular weight excluding hydrogens is 765 g/mol. The molecule has 0 radical (unpaired) electrons. The molecule has 0 aliphatic rings. The molecule has 5 heteroatoms. The average Bonchev–Trinajstić information content (AvgIpc) is 3.27. The van der Waals surface area contributed by atoms with Crippen molar-refractivity contribution >= 4 is 11.9 Å². The van der Waals surface area contributed by atoms with Crippen LogP contribution in [0.15, 0.2) is 158 Å². The van der Waals surface area contributed by atoms with Crippen LogP contribution in [0.5, 0.6) is 0 Å². The van der Waals surface area contributed by atoms with Gasteiger partial charge in [-0.3, -0.25) is 9.59 Å². The number of carbonyl (C=O) groups excluding carboxylic acids is 2. The number of unbranched alkanes of at least 4 members (excludes halogenated alkanes) is 5. The van der Waals surface area contributed by atoms with Crippen molar-refractivity contribution in [2.24, 2.45) is 0 Å². The van der Waals surface area contributed by atoms with E-state index in [9.17, 15) is 9.59 Å². The molecule has 0 fully saturated rings. The second-order valence-corrected chi connectivity index (χ2v) is 14.9. The standard InChI is InChI=1S/C57H86O5/c1-4-7-10-13-16-19-22-25-28-29-31-32-35-38-41-44-47-50-56(58)61-54-55(53-60-52-49-46-43-40-37-34-27-24-21-18-15-12-9-6-3)62-57(59)51-48-45-42-39-36-33-30-26-23-20-17-14-11-8-5-2/h7-12,16-21,25-28,30-32,34,36,39-40,43,45,48,55H,4-6,13-15,22-24,29,33,35,37-38,41-42,44,46-47,49-54H2,1-3H3/b10-7-,11-8-,12-9-,19-16-,20-17-,21-18-,28-25-,30-26-,32-31-,34-27-,39-36-,43-40-,48-45-. The van der Waals surface area contributed by atoms with Crippen molar-refractivity contribution in [3.63, 3.8) is 0 Å². The van der Waals surface area contributed by atoms with Gasteiger partial charge < -0.3 is 14.2 Å². The lowest BCUT2D eigenvalue weighted by Crippen LogP contribution is -2.29. The molecule has 0 saturated carbocycles. The largest absolute Gasteiger partial charge is 0.462 e. The van der Waals surface area contributed by atoms with Gasteiger partial charge in [0.05, 0.1) is 13.0 Å². The summed E-state index contributed by atoms with van der Waals surface area (Å²) in [7, 11) is 0. The van der Waals surface area contributed by atoms with Gasteiger partial charge in [0.1, 0.15) is 6.61 Å². The van der Waals surface area contributed by atoms with Gasteiger partial charge in [-0.25, -0.2) is 0 Å². The normalized spacial score (nSPS) is 13.7. The molecule has 0 bridgehead atoms. The highest BCUT2D eigenvalue weighted by molar-refractivity contribution is 5.71. The van der Waals surface area contributed by atoms with E-state index in [1.54, 1.807) is 0 Å². The first-order chi connectivity index (χ1) is 30.6. The van der Waals surface area contributed by atoms with Crippen LogP contribution in [0.1, 0.15) is 162 Å². The summed E-state index contributed by atoms with van der Waals surface area (Å²) in [5.74, 6) is -0.619. The van der Waals surface area contributed by atoms with Crippen LogP contribution >= 0.6 is 0 Å². The Balaban J connectivity index is 4.56. The van der Waals surface area contributed by atoms with Crippen LogP contribution in [0.25, 0.3) is 0 Å². The van der Waals surface area contributed by atoms with Crippen molar-refractivity contribution < 1.29 is 23.8 Å². The molecule has 5 nitrogen and oxygen atoms in total. The first-order valence-corrected chi connectivity index (χ1v) is 24.0. The molecule has 0 spiro atoms. The number of ether oxygens (including phenoxy) is 3. The van der Waals surface area contributed by atoms with E-state index in [2.05, 4.69) is 167 Å². The van der Waals surface area contributed by atoms with Crippen LogP contribution in [0, 0.1) is 0 Å². The maximum atomic E-state index is 12.7. The highest BCUT2D eigenvalue weighted by Crippen LogP contribution is 2.09. The number of rotatable bonds is 41. The lowest BCUT2D eigenvalue weighted by atomic mass is 10.1. The molecule has 0 N–H and O–H groups in total. The molecule has 0 aromatic carbocycles. The van der Waals surface area contributed by atoms with E-state index in [0.717, 1.165) is 128 Å². The quantitative estimate of drug-likeness (QED) is 0.0348. The topological polar surface area (TPSA) is 61.8 Å². The second-order valence-electron chi connectivity index (χ2n) is 14.9. The van der Waals surface area contributed by atoms with E-state index in [0.29, 0.717) is 13.0 Å². The third-order valence-corrected chi connectivity index (χ3v) is 9.07. The minimum Gasteiger partial charge on any atom is -0.462 e. The zero-order chi connectivity index (χ0) is 44.9. The van der Waals surface area contributed by atoms with Gasteiger partial charge in [-0.15, -0.1) is 0 Å². The highest BCUT2D eigenvalue weighted by Gasteiger charge is 2.17. The summed E-state index contributed by atoms with van der Waals surface area (Å²) in [4.78, 5) is 25.3. The molecule has 0 saturated heterocycles. The average molecular weight is 851 g/mol. The maximum absolute atomic E-state index is 12.7. The fourth-order valence-corrected chi connectivity index (χ4v) is 5.64. The Morgan fingerprint density at radius 1 is 0.371 bits per heavy atom. The minimum atomic E-state index is -0.641. The summed E-state index contributed by atoms with van der Waals surface area (Å²) in [5.41, 5.74) is 0. The number of hydrogen-bond acceptors (Lipinski definition) is 5. The molecule has 0 aromatic rings. The zero-order valence-corrected chi connectivity index (χ0v) is 39.3. The summed E-state index contributed by atoms with van der Waals surface area (Å²) < 4.78 is 17.2. The van der Waals surface area contributed by atoms with Crippen molar-refractivity contribution in [3.05, 3.63) is 158 Å². The van der Waals surface area contributed by atoms with Gasteiger partial charge in [-0.05, 0) is 116 Å². The van der Waals surface area contributed by atoms with Gasteiger partial charge in [0, 0.05) is 13.0 Å². The van der Waals surface area contributed by atoms with Crippen LogP contribution in [-0.2, 0) is 23.8 Å². The first kappa shape index (κ1) is 57.5. The maximum Gasteiger partial charge on any atom is 0.310 e. The zero-order valence-electron chi connectivity index (χ0n) is 39.3. The fourth-order valence-electron chi connectivity index (χ4n) is 5.64. The van der Waals surface area contributed by atoms with Crippen LogP contribution in [0.3, 0.4) is 0 Å². The molecular formula is C57H86O5.